The molecular weight excluding hydrogens is 292 g/mol. The van der Waals surface area contributed by atoms with Gasteiger partial charge in [-0.1, -0.05) is 18.2 Å². The summed E-state index contributed by atoms with van der Waals surface area (Å²) in [5.41, 5.74) is 3.04. The van der Waals surface area contributed by atoms with Crippen molar-refractivity contribution in [3.63, 3.8) is 0 Å². The van der Waals surface area contributed by atoms with E-state index in [1.165, 1.54) is 0 Å². The first-order chi connectivity index (χ1) is 11.0. The zero-order valence-corrected chi connectivity index (χ0v) is 14.2. The molecule has 1 aliphatic heterocycles. The Morgan fingerprint density at radius 3 is 2.26 bits per heavy atom. The van der Waals surface area contributed by atoms with Crippen molar-refractivity contribution in [3.05, 3.63) is 29.3 Å². The van der Waals surface area contributed by atoms with E-state index >= 15 is 0 Å². The molecule has 1 saturated heterocycles. The fraction of sp³-hybridized carbons (Fsp3) is 0.529. The first-order valence-corrected chi connectivity index (χ1v) is 8.02. The van der Waals surface area contributed by atoms with Crippen molar-refractivity contribution in [1.29, 1.82) is 0 Å². The second-order valence-corrected chi connectivity index (χ2v) is 6.00. The topological polar surface area (TPSA) is 64.7 Å². The molecule has 2 amide bonds. The zero-order valence-electron chi connectivity index (χ0n) is 14.2. The van der Waals surface area contributed by atoms with E-state index in [0.29, 0.717) is 26.2 Å². The van der Waals surface area contributed by atoms with Gasteiger partial charge in [-0.2, -0.15) is 0 Å². The highest BCUT2D eigenvalue weighted by molar-refractivity contribution is 5.93. The summed E-state index contributed by atoms with van der Waals surface area (Å²) in [4.78, 5) is 28.0. The molecule has 0 bridgehead atoms. The molecule has 2 rings (SSSR count). The Kier molecular flexibility index (Phi) is 6.12. The number of carbonyl (C=O) groups is 2. The lowest BCUT2D eigenvalue weighted by molar-refractivity contribution is -0.132. The first kappa shape index (κ1) is 17.4. The number of anilines is 1. The maximum atomic E-state index is 12.3. The van der Waals surface area contributed by atoms with Crippen molar-refractivity contribution in [2.24, 2.45) is 0 Å². The molecule has 1 fully saturated rings. The van der Waals surface area contributed by atoms with Gasteiger partial charge in [0, 0.05) is 31.9 Å². The zero-order chi connectivity index (χ0) is 16.8. The average Bonchev–Trinajstić information content (AvgIpc) is 2.52. The maximum Gasteiger partial charge on any atom is 0.238 e. The molecule has 23 heavy (non-hydrogen) atoms. The van der Waals surface area contributed by atoms with Crippen molar-refractivity contribution in [2.75, 3.05) is 51.6 Å². The quantitative estimate of drug-likeness (QED) is 0.835. The number of piperazine rings is 1. The third kappa shape index (κ3) is 4.77. The number of benzene rings is 1. The molecule has 126 valence electrons. The fourth-order valence-corrected chi connectivity index (χ4v) is 2.81. The SMILES string of the molecule is CNCC(=O)N1CCN(CC(=O)Nc2c(C)cccc2C)CC1. The molecule has 0 unspecified atom stereocenters. The lowest BCUT2D eigenvalue weighted by Crippen LogP contribution is -2.52. The van der Waals surface area contributed by atoms with E-state index < -0.39 is 0 Å². The molecule has 6 heteroatoms. The van der Waals surface area contributed by atoms with Gasteiger partial charge in [-0.3, -0.25) is 14.5 Å². The van der Waals surface area contributed by atoms with E-state index in [0.717, 1.165) is 29.9 Å². The molecule has 0 aromatic heterocycles. The number of para-hydroxylation sites is 1. The molecule has 1 aliphatic rings. The molecule has 2 N–H and O–H groups in total. The first-order valence-electron chi connectivity index (χ1n) is 8.02. The number of hydrogen-bond donors (Lipinski definition) is 2. The number of carbonyl (C=O) groups excluding carboxylic acids is 2. The number of nitrogens with one attached hydrogen (secondary N) is 2. The van der Waals surface area contributed by atoms with Crippen molar-refractivity contribution >= 4 is 17.5 Å². The summed E-state index contributed by atoms with van der Waals surface area (Å²) in [6.45, 7) is 7.54. The Bertz CT molecular complexity index is 545. The monoisotopic (exact) mass is 318 g/mol. The van der Waals surface area contributed by atoms with Crippen molar-refractivity contribution in [1.82, 2.24) is 15.1 Å². The maximum absolute atomic E-state index is 12.3. The van der Waals surface area contributed by atoms with E-state index in [2.05, 4.69) is 15.5 Å². The van der Waals surface area contributed by atoms with Gasteiger partial charge in [-0.15, -0.1) is 0 Å². The molecular formula is C17H26N4O2. The van der Waals surface area contributed by atoms with Crippen LogP contribution in [0.3, 0.4) is 0 Å². The van der Waals surface area contributed by atoms with Crippen LogP contribution in [0.1, 0.15) is 11.1 Å². The van der Waals surface area contributed by atoms with Gasteiger partial charge in [0.2, 0.25) is 11.8 Å². The minimum Gasteiger partial charge on any atom is -0.339 e. The van der Waals surface area contributed by atoms with E-state index in [1.54, 1.807) is 7.05 Å². The predicted octanol–water partition coefficient (Wildman–Crippen LogP) is 0.606. The average molecular weight is 318 g/mol. The normalized spacial score (nSPS) is 15.5. The van der Waals surface area contributed by atoms with Gasteiger partial charge in [-0.25, -0.2) is 0 Å². The summed E-state index contributed by atoms with van der Waals surface area (Å²) in [5, 5.41) is 5.89. The summed E-state index contributed by atoms with van der Waals surface area (Å²) in [6, 6.07) is 5.98. The molecule has 0 spiro atoms. The fourth-order valence-electron chi connectivity index (χ4n) is 2.81. The highest BCUT2D eigenvalue weighted by Crippen LogP contribution is 2.19. The third-order valence-corrected chi connectivity index (χ3v) is 4.17. The number of hydrogen-bond acceptors (Lipinski definition) is 4. The molecule has 0 saturated carbocycles. The largest absolute Gasteiger partial charge is 0.339 e. The summed E-state index contributed by atoms with van der Waals surface area (Å²) in [7, 11) is 1.77. The number of rotatable bonds is 5. The molecule has 6 nitrogen and oxygen atoms in total. The third-order valence-electron chi connectivity index (χ3n) is 4.17. The minimum atomic E-state index is -0.00241. The van der Waals surface area contributed by atoms with Gasteiger partial charge < -0.3 is 15.5 Å². The summed E-state index contributed by atoms with van der Waals surface area (Å²) >= 11 is 0. The van der Waals surface area contributed by atoms with E-state index in [9.17, 15) is 9.59 Å². The lowest BCUT2D eigenvalue weighted by atomic mass is 10.1. The van der Waals surface area contributed by atoms with E-state index in [4.69, 9.17) is 0 Å². The Hall–Kier alpha value is -1.92. The highest BCUT2D eigenvalue weighted by Gasteiger charge is 2.22. The van der Waals surface area contributed by atoms with Crippen molar-refractivity contribution in [2.45, 2.75) is 13.8 Å². The minimum absolute atomic E-state index is 0.00241. The second kappa shape index (κ2) is 8.08. The standard InChI is InChI=1S/C17H26N4O2/c1-13-5-4-6-14(2)17(13)19-15(22)12-20-7-9-21(10-8-20)16(23)11-18-3/h4-6,18H,7-12H2,1-3H3,(H,19,22). The molecule has 0 atom stereocenters. The van der Waals surface area contributed by atoms with E-state index in [-0.39, 0.29) is 11.8 Å². The Labute approximate surface area is 137 Å². The van der Waals surface area contributed by atoms with Gasteiger partial charge in [0.05, 0.1) is 13.1 Å². The van der Waals surface area contributed by atoms with Crippen molar-refractivity contribution < 1.29 is 9.59 Å². The van der Waals surface area contributed by atoms with Crippen LogP contribution in [-0.4, -0.2) is 67.9 Å². The molecule has 1 heterocycles. The van der Waals surface area contributed by atoms with Gasteiger partial charge in [0.15, 0.2) is 0 Å². The smallest absolute Gasteiger partial charge is 0.238 e. The van der Waals surface area contributed by atoms with Crippen molar-refractivity contribution in [3.8, 4) is 0 Å². The van der Waals surface area contributed by atoms with Gasteiger partial charge >= 0.3 is 0 Å². The summed E-state index contributed by atoms with van der Waals surface area (Å²) in [5.74, 6) is 0.115. The number of amides is 2. The van der Waals surface area contributed by atoms with Crippen LogP contribution in [0.15, 0.2) is 18.2 Å². The predicted molar refractivity (Wildman–Crippen MR) is 91.5 cm³/mol. The Balaban J connectivity index is 1.82. The van der Waals surface area contributed by atoms with Crippen LogP contribution in [0.5, 0.6) is 0 Å². The van der Waals surface area contributed by atoms with Gasteiger partial charge in [-0.05, 0) is 32.0 Å². The van der Waals surface area contributed by atoms with Crippen LogP contribution in [0.25, 0.3) is 0 Å². The van der Waals surface area contributed by atoms with E-state index in [1.807, 2.05) is 36.9 Å². The molecule has 1 aromatic rings. The summed E-state index contributed by atoms with van der Waals surface area (Å²) in [6.07, 6.45) is 0. The van der Waals surface area contributed by atoms with Crippen LogP contribution >= 0.6 is 0 Å². The van der Waals surface area contributed by atoms with Crippen LogP contribution in [0.4, 0.5) is 5.69 Å². The molecule has 0 radical (unpaired) electrons. The van der Waals surface area contributed by atoms with Crippen LogP contribution < -0.4 is 10.6 Å². The van der Waals surface area contributed by atoms with Crippen LogP contribution in [0.2, 0.25) is 0 Å². The number of nitrogens with zero attached hydrogens (tertiary/aromatic N) is 2. The Morgan fingerprint density at radius 1 is 1.09 bits per heavy atom. The Morgan fingerprint density at radius 2 is 1.70 bits per heavy atom. The molecule has 0 aliphatic carbocycles. The highest BCUT2D eigenvalue weighted by atomic mass is 16.2. The second-order valence-electron chi connectivity index (χ2n) is 6.00. The van der Waals surface area contributed by atoms with Gasteiger partial charge in [0.25, 0.3) is 0 Å². The number of likely N-dealkylation sites (N-methyl/N-ethyl adjacent to an activating group) is 1. The summed E-state index contributed by atoms with van der Waals surface area (Å²) < 4.78 is 0. The molecule has 1 aromatic carbocycles. The van der Waals surface area contributed by atoms with Crippen LogP contribution in [-0.2, 0) is 9.59 Å². The van der Waals surface area contributed by atoms with Crippen LogP contribution in [0, 0.1) is 13.8 Å². The van der Waals surface area contributed by atoms with Gasteiger partial charge in [0.1, 0.15) is 0 Å². The number of aryl methyl sites for hydroxylation is 2. The lowest BCUT2D eigenvalue weighted by Gasteiger charge is -2.34.